The van der Waals surface area contributed by atoms with Crippen LogP contribution in [0.3, 0.4) is 0 Å². The number of hydrogen-bond acceptors (Lipinski definition) is 4. The fraction of sp³-hybridized carbons (Fsp3) is 0.296. The first kappa shape index (κ1) is 23.6. The molecule has 2 amide bonds. The van der Waals surface area contributed by atoms with Crippen molar-refractivity contribution in [1.82, 2.24) is 10.3 Å². The third-order valence-corrected chi connectivity index (χ3v) is 6.56. The Bertz CT molecular complexity index is 1110. The number of amides is 2. The van der Waals surface area contributed by atoms with E-state index >= 15 is 0 Å². The maximum absolute atomic E-state index is 13.5. The van der Waals surface area contributed by atoms with Gasteiger partial charge in [-0.1, -0.05) is 43.5 Å². The summed E-state index contributed by atoms with van der Waals surface area (Å²) in [6.45, 7) is 0.268. The van der Waals surface area contributed by atoms with Gasteiger partial charge in [0.2, 0.25) is 5.91 Å². The molecule has 1 atom stereocenters. The molecule has 1 unspecified atom stereocenters. The molecule has 1 aromatic heterocycles. The van der Waals surface area contributed by atoms with E-state index in [1.54, 1.807) is 60.9 Å². The number of nitrogens with two attached hydrogens (primary N) is 1. The molecule has 1 aliphatic rings. The van der Waals surface area contributed by atoms with Crippen LogP contribution in [0.1, 0.15) is 59.6 Å². The summed E-state index contributed by atoms with van der Waals surface area (Å²) in [6.07, 6.45) is 7.71. The highest BCUT2D eigenvalue weighted by atomic mass is 19.1. The number of anilines is 1. The predicted octanol–water partition coefficient (Wildman–Crippen LogP) is 4.49. The van der Waals surface area contributed by atoms with Gasteiger partial charge in [-0.15, -0.1) is 0 Å². The second-order valence-electron chi connectivity index (χ2n) is 8.78. The first-order valence-corrected chi connectivity index (χ1v) is 11.6. The van der Waals surface area contributed by atoms with Gasteiger partial charge in [0, 0.05) is 36.2 Å². The fourth-order valence-corrected chi connectivity index (χ4v) is 4.58. The van der Waals surface area contributed by atoms with E-state index in [1.807, 2.05) is 0 Å². The summed E-state index contributed by atoms with van der Waals surface area (Å²) < 4.78 is 13.5. The molecule has 4 rings (SSSR count). The molecule has 0 aliphatic heterocycles. The lowest BCUT2D eigenvalue weighted by molar-refractivity contribution is -0.128. The molecule has 2 aromatic carbocycles. The van der Waals surface area contributed by atoms with E-state index in [4.69, 9.17) is 5.73 Å². The molecule has 1 heterocycles. The number of carbonyl (C=O) groups excluding carboxylic acids is 2. The number of carbonyl (C=O) groups is 2. The van der Waals surface area contributed by atoms with Gasteiger partial charge < -0.3 is 16.4 Å². The Hall–Kier alpha value is -3.58. The zero-order chi connectivity index (χ0) is 24.0. The van der Waals surface area contributed by atoms with Crippen molar-refractivity contribution in [3.8, 4) is 0 Å². The molecule has 0 radical (unpaired) electrons. The molecule has 6 nitrogen and oxygen atoms in total. The zero-order valence-electron chi connectivity index (χ0n) is 19.0. The Labute approximate surface area is 198 Å². The Kier molecular flexibility index (Phi) is 7.33. The minimum Gasteiger partial charge on any atom is -0.353 e. The molecule has 1 aliphatic carbocycles. The summed E-state index contributed by atoms with van der Waals surface area (Å²) in [5.41, 5.74) is 8.55. The van der Waals surface area contributed by atoms with Gasteiger partial charge in [0.25, 0.3) is 5.91 Å². The molecular formula is C27H29FN4O2. The number of rotatable bonds is 7. The number of halogens is 1. The highest BCUT2D eigenvalue weighted by Crippen LogP contribution is 2.40. The Balaban J connectivity index is 1.39. The molecule has 3 aromatic rings. The maximum Gasteiger partial charge on any atom is 0.255 e. The number of pyridine rings is 1. The lowest BCUT2D eigenvalue weighted by atomic mass is 9.68. The largest absolute Gasteiger partial charge is 0.353 e. The van der Waals surface area contributed by atoms with Gasteiger partial charge in [-0.05, 0) is 60.4 Å². The molecule has 34 heavy (non-hydrogen) atoms. The molecule has 0 saturated heterocycles. The number of hydrogen-bond donors (Lipinski definition) is 3. The summed E-state index contributed by atoms with van der Waals surface area (Å²) in [5.74, 6) is -0.601. The van der Waals surface area contributed by atoms with E-state index in [1.165, 1.54) is 12.1 Å². The van der Waals surface area contributed by atoms with Crippen LogP contribution in [0.4, 0.5) is 10.1 Å². The number of nitrogens with zero attached hydrogens (tertiary/aromatic N) is 1. The van der Waals surface area contributed by atoms with Gasteiger partial charge in [0.05, 0.1) is 5.41 Å². The molecule has 1 saturated carbocycles. The van der Waals surface area contributed by atoms with Crippen LogP contribution in [0.2, 0.25) is 0 Å². The fourth-order valence-electron chi connectivity index (χ4n) is 4.58. The van der Waals surface area contributed by atoms with Crippen molar-refractivity contribution in [3.63, 3.8) is 0 Å². The van der Waals surface area contributed by atoms with Crippen LogP contribution in [-0.2, 0) is 10.2 Å². The monoisotopic (exact) mass is 460 g/mol. The first-order chi connectivity index (χ1) is 16.5. The average molecular weight is 461 g/mol. The van der Waals surface area contributed by atoms with Crippen LogP contribution in [0.15, 0.2) is 73.1 Å². The van der Waals surface area contributed by atoms with Crippen LogP contribution < -0.4 is 16.4 Å². The quantitative estimate of drug-likeness (QED) is 0.484. The minimum absolute atomic E-state index is 0.0670. The lowest BCUT2D eigenvalue weighted by Gasteiger charge is -2.36. The lowest BCUT2D eigenvalue weighted by Crippen LogP contribution is -2.47. The predicted molar refractivity (Wildman–Crippen MR) is 130 cm³/mol. The molecule has 0 bridgehead atoms. The standard InChI is InChI=1S/C27H29FN4O2/c28-22-10-8-21(9-11-22)27(14-2-1-3-15-27)26(34)31-18-24(29)19-4-6-20(7-5-19)25(33)32-23-12-16-30-17-13-23/h4-13,16-17,24H,1-3,14-15,18,29H2,(H,31,34)(H,30,32,33). The van der Waals surface area contributed by atoms with E-state index < -0.39 is 11.5 Å². The van der Waals surface area contributed by atoms with E-state index in [9.17, 15) is 14.0 Å². The summed E-state index contributed by atoms with van der Waals surface area (Å²) >= 11 is 0. The van der Waals surface area contributed by atoms with Crippen LogP contribution in [0.25, 0.3) is 0 Å². The number of nitrogens with one attached hydrogen (secondary N) is 2. The third kappa shape index (κ3) is 5.31. The van der Waals surface area contributed by atoms with Crippen LogP contribution in [0.5, 0.6) is 0 Å². The van der Waals surface area contributed by atoms with Crippen molar-refractivity contribution in [2.75, 3.05) is 11.9 Å². The Morgan fingerprint density at radius 1 is 0.941 bits per heavy atom. The van der Waals surface area contributed by atoms with E-state index in [-0.39, 0.29) is 24.2 Å². The summed E-state index contributed by atoms with van der Waals surface area (Å²) in [6, 6.07) is 16.3. The van der Waals surface area contributed by atoms with Crippen LogP contribution in [0, 0.1) is 5.82 Å². The van der Waals surface area contributed by atoms with Gasteiger partial charge in [-0.2, -0.15) is 0 Å². The second kappa shape index (κ2) is 10.6. The van der Waals surface area contributed by atoms with Crippen molar-refractivity contribution in [2.24, 2.45) is 5.73 Å². The van der Waals surface area contributed by atoms with Gasteiger partial charge in [-0.25, -0.2) is 4.39 Å². The second-order valence-corrected chi connectivity index (χ2v) is 8.78. The number of aromatic nitrogens is 1. The SMILES string of the molecule is NC(CNC(=O)C1(c2ccc(F)cc2)CCCCC1)c1ccc(C(=O)Nc2ccncc2)cc1. The first-order valence-electron chi connectivity index (χ1n) is 11.6. The van der Waals surface area contributed by atoms with Crippen molar-refractivity contribution < 1.29 is 14.0 Å². The summed E-state index contributed by atoms with van der Waals surface area (Å²) in [5, 5.41) is 5.85. The third-order valence-electron chi connectivity index (χ3n) is 6.56. The molecule has 0 spiro atoms. The summed E-state index contributed by atoms with van der Waals surface area (Å²) in [4.78, 5) is 29.7. The van der Waals surface area contributed by atoms with Gasteiger partial charge >= 0.3 is 0 Å². The van der Waals surface area contributed by atoms with Crippen LogP contribution >= 0.6 is 0 Å². The number of benzene rings is 2. The molecule has 176 valence electrons. The van der Waals surface area contributed by atoms with E-state index in [2.05, 4.69) is 15.6 Å². The Morgan fingerprint density at radius 3 is 2.24 bits per heavy atom. The van der Waals surface area contributed by atoms with Crippen molar-refractivity contribution in [1.29, 1.82) is 0 Å². The van der Waals surface area contributed by atoms with Crippen molar-refractivity contribution >= 4 is 17.5 Å². The topological polar surface area (TPSA) is 97.1 Å². The minimum atomic E-state index is -0.652. The highest BCUT2D eigenvalue weighted by molar-refractivity contribution is 6.04. The van der Waals surface area contributed by atoms with Crippen molar-refractivity contribution in [3.05, 3.63) is 95.6 Å². The summed E-state index contributed by atoms with van der Waals surface area (Å²) in [7, 11) is 0. The zero-order valence-corrected chi connectivity index (χ0v) is 19.0. The normalized spacial score (nSPS) is 15.8. The van der Waals surface area contributed by atoms with Crippen LogP contribution in [-0.4, -0.2) is 23.3 Å². The van der Waals surface area contributed by atoms with E-state index in [0.29, 0.717) is 11.3 Å². The molecule has 4 N–H and O–H groups in total. The van der Waals surface area contributed by atoms with Gasteiger partial charge in [0.15, 0.2) is 0 Å². The van der Waals surface area contributed by atoms with Gasteiger partial charge in [0.1, 0.15) is 5.82 Å². The molecule has 1 fully saturated rings. The molecule has 7 heteroatoms. The molecular weight excluding hydrogens is 431 g/mol. The van der Waals surface area contributed by atoms with Crippen molar-refractivity contribution in [2.45, 2.75) is 43.6 Å². The average Bonchev–Trinajstić information content (AvgIpc) is 2.88. The van der Waals surface area contributed by atoms with Gasteiger partial charge in [-0.3, -0.25) is 14.6 Å². The maximum atomic E-state index is 13.5. The highest BCUT2D eigenvalue weighted by Gasteiger charge is 2.41. The Morgan fingerprint density at radius 2 is 1.59 bits per heavy atom. The van der Waals surface area contributed by atoms with E-state index in [0.717, 1.165) is 43.2 Å². The smallest absolute Gasteiger partial charge is 0.255 e.